The van der Waals surface area contributed by atoms with Crippen molar-refractivity contribution in [3.8, 4) is 0 Å². The zero-order valence-corrected chi connectivity index (χ0v) is 18.8. The third-order valence-corrected chi connectivity index (χ3v) is 5.54. The molecule has 0 spiro atoms. The van der Waals surface area contributed by atoms with Crippen LogP contribution in [-0.4, -0.2) is 42.1 Å². The van der Waals surface area contributed by atoms with Gasteiger partial charge in [-0.15, -0.1) is 24.8 Å². The van der Waals surface area contributed by atoms with Crippen LogP contribution in [0.3, 0.4) is 0 Å². The van der Waals surface area contributed by atoms with Crippen molar-refractivity contribution in [2.75, 3.05) is 26.2 Å². The van der Waals surface area contributed by atoms with Gasteiger partial charge in [0.2, 0.25) is 5.91 Å². The fourth-order valence-electron chi connectivity index (χ4n) is 3.75. The topological polar surface area (TPSA) is 78.6 Å². The van der Waals surface area contributed by atoms with Crippen LogP contribution < -0.4 is 11.1 Å². The summed E-state index contributed by atoms with van der Waals surface area (Å²) in [5.74, 6) is 0.500. The van der Waals surface area contributed by atoms with Crippen molar-refractivity contribution in [1.82, 2.24) is 10.2 Å². The van der Waals surface area contributed by atoms with Crippen LogP contribution in [0.1, 0.15) is 42.5 Å². The van der Waals surface area contributed by atoms with Crippen molar-refractivity contribution < 1.29 is 9.90 Å². The first-order chi connectivity index (χ1) is 13.6. The van der Waals surface area contributed by atoms with E-state index in [1.54, 1.807) is 0 Å². The Hall–Kier alpha value is -1.63. The van der Waals surface area contributed by atoms with Gasteiger partial charge in [0, 0.05) is 25.6 Å². The minimum absolute atomic E-state index is 0. The molecule has 5 nitrogen and oxygen atoms in total. The van der Waals surface area contributed by atoms with Crippen LogP contribution in [0.25, 0.3) is 0 Å². The van der Waals surface area contributed by atoms with E-state index in [2.05, 4.69) is 10.2 Å². The molecule has 7 heteroatoms. The number of carbonyl (C=O) groups is 1. The molecule has 1 aliphatic heterocycles. The number of β-amino-alcohol motifs (C(OH)–C–C–N with tert-alkyl or cyclic N) is 1. The van der Waals surface area contributed by atoms with Gasteiger partial charge in [0.1, 0.15) is 0 Å². The number of hydrogen-bond acceptors (Lipinski definition) is 4. The SMILES string of the molecule is Cl.Cl.NC(CC(=O)NCC1CCN(CC(O)c2ccccc2)CC1)c1ccccc1. The van der Waals surface area contributed by atoms with Gasteiger partial charge in [-0.05, 0) is 43.0 Å². The largest absolute Gasteiger partial charge is 0.387 e. The van der Waals surface area contributed by atoms with Gasteiger partial charge in [-0.25, -0.2) is 0 Å². The Bertz CT molecular complexity index is 726. The van der Waals surface area contributed by atoms with Crippen molar-refractivity contribution >= 4 is 30.7 Å². The monoisotopic (exact) mass is 453 g/mol. The molecule has 1 aliphatic rings. The molecule has 0 aromatic heterocycles. The lowest BCUT2D eigenvalue weighted by Gasteiger charge is -2.33. The van der Waals surface area contributed by atoms with E-state index in [-0.39, 0.29) is 36.8 Å². The number of rotatable bonds is 8. The number of aliphatic hydroxyl groups excluding tert-OH is 1. The fourth-order valence-corrected chi connectivity index (χ4v) is 3.75. The molecule has 1 saturated heterocycles. The molecule has 3 rings (SSSR count). The summed E-state index contributed by atoms with van der Waals surface area (Å²) < 4.78 is 0. The fraction of sp³-hybridized carbons (Fsp3) is 0.435. The predicted octanol–water partition coefficient (Wildman–Crippen LogP) is 3.48. The van der Waals surface area contributed by atoms with Crippen LogP contribution in [0, 0.1) is 5.92 Å². The highest BCUT2D eigenvalue weighted by Crippen LogP contribution is 2.20. The lowest BCUT2D eigenvalue weighted by atomic mass is 9.96. The number of piperidine rings is 1. The van der Waals surface area contributed by atoms with Crippen molar-refractivity contribution in [2.24, 2.45) is 11.7 Å². The van der Waals surface area contributed by atoms with E-state index in [1.807, 2.05) is 60.7 Å². The van der Waals surface area contributed by atoms with Crippen molar-refractivity contribution in [2.45, 2.75) is 31.4 Å². The summed E-state index contributed by atoms with van der Waals surface area (Å²) in [6, 6.07) is 19.3. The zero-order valence-electron chi connectivity index (χ0n) is 17.2. The molecule has 1 fully saturated rings. The molecule has 2 aromatic carbocycles. The lowest BCUT2D eigenvalue weighted by Crippen LogP contribution is -2.40. The average Bonchev–Trinajstić information content (AvgIpc) is 2.74. The van der Waals surface area contributed by atoms with Gasteiger partial charge < -0.3 is 21.1 Å². The van der Waals surface area contributed by atoms with Crippen LogP contribution in [0.2, 0.25) is 0 Å². The van der Waals surface area contributed by atoms with Gasteiger partial charge in [0.05, 0.1) is 6.10 Å². The summed E-state index contributed by atoms with van der Waals surface area (Å²) >= 11 is 0. The molecular formula is C23H33Cl2N3O2. The van der Waals surface area contributed by atoms with E-state index in [1.165, 1.54) is 0 Å². The van der Waals surface area contributed by atoms with Crippen LogP contribution in [0.15, 0.2) is 60.7 Å². The molecule has 0 radical (unpaired) electrons. The minimum atomic E-state index is -0.447. The number of amides is 1. The maximum Gasteiger partial charge on any atom is 0.221 e. The van der Waals surface area contributed by atoms with Crippen LogP contribution in [0.5, 0.6) is 0 Å². The molecule has 1 heterocycles. The van der Waals surface area contributed by atoms with Gasteiger partial charge >= 0.3 is 0 Å². The number of hydrogen-bond donors (Lipinski definition) is 3. The molecule has 2 atom stereocenters. The smallest absolute Gasteiger partial charge is 0.221 e. The maximum absolute atomic E-state index is 12.2. The maximum atomic E-state index is 12.2. The summed E-state index contributed by atoms with van der Waals surface area (Å²) in [6.07, 6.45) is 1.93. The molecule has 0 bridgehead atoms. The second-order valence-corrected chi connectivity index (χ2v) is 7.70. The van der Waals surface area contributed by atoms with Gasteiger partial charge in [-0.3, -0.25) is 4.79 Å². The van der Waals surface area contributed by atoms with Crippen LogP contribution in [0.4, 0.5) is 0 Å². The second-order valence-electron chi connectivity index (χ2n) is 7.70. The van der Waals surface area contributed by atoms with Crippen LogP contribution >= 0.6 is 24.8 Å². The average molecular weight is 454 g/mol. The van der Waals surface area contributed by atoms with Crippen molar-refractivity contribution in [3.63, 3.8) is 0 Å². The molecule has 4 N–H and O–H groups in total. The minimum Gasteiger partial charge on any atom is -0.387 e. The second kappa shape index (κ2) is 13.6. The molecule has 2 aromatic rings. The number of carbonyl (C=O) groups excluding carboxylic acids is 1. The molecule has 0 aliphatic carbocycles. The van der Waals surface area contributed by atoms with Gasteiger partial charge in [-0.1, -0.05) is 60.7 Å². The normalized spacial score (nSPS) is 16.6. The molecule has 1 amide bonds. The van der Waals surface area contributed by atoms with E-state index < -0.39 is 6.10 Å². The Morgan fingerprint density at radius 2 is 1.53 bits per heavy atom. The first-order valence-electron chi connectivity index (χ1n) is 10.1. The summed E-state index contributed by atoms with van der Waals surface area (Å²) in [5, 5.41) is 13.4. The van der Waals surface area contributed by atoms with E-state index in [0.29, 0.717) is 25.4 Å². The van der Waals surface area contributed by atoms with E-state index in [0.717, 1.165) is 37.1 Å². The Kier molecular flexibility index (Phi) is 12.0. The number of aliphatic hydroxyl groups is 1. The number of halogens is 2. The van der Waals surface area contributed by atoms with Gasteiger partial charge in [0.25, 0.3) is 0 Å². The molecule has 166 valence electrons. The molecule has 30 heavy (non-hydrogen) atoms. The summed E-state index contributed by atoms with van der Waals surface area (Å²) in [5.41, 5.74) is 8.08. The molecular weight excluding hydrogens is 421 g/mol. The van der Waals surface area contributed by atoms with E-state index >= 15 is 0 Å². The Morgan fingerprint density at radius 3 is 2.10 bits per heavy atom. The number of nitrogens with two attached hydrogens (primary N) is 1. The lowest BCUT2D eigenvalue weighted by molar-refractivity contribution is -0.121. The highest BCUT2D eigenvalue weighted by atomic mass is 35.5. The first-order valence-corrected chi connectivity index (χ1v) is 10.1. The number of nitrogens with zero attached hydrogens (tertiary/aromatic N) is 1. The third-order valence-electron chi connectivity index (χ3n) is 5.54. The summed E-state index contributed by atoms with van der Waals surface area (Å²) in [4.78, 5) is 14.5. The summed E-state index contributed by atoms with van der Waals surface area (Å²) in [6.45, 7) is 3.27. The van der Waals surface area contributed by atoms with Gasteiger partial charge in [0.15, 0.2) is 0 Å². The molecule has 0 saturated carbocycles. The predicted molar refractivity (Wildman–Crippen MR) is 126 cm³/mol. The zero-order chi connectivity index (χ0) is 19.8. The highest BCUT2D eigenvalue weighted by Gasteiger charge is 2.22. The Balaban J connectivity index is 0.00000225. The highest BCUT2D eigenvalue weighted by molar-refractivity contribution is 5.85. The molecule has 2 unspecified atom stereocenters. The number of likely N-dealkylation sites (tertiary alicyclic amines) is 1. The van der Waals surface area contributed by atoms with Gasteiger partial charge in [-0.2, -0.15) is 0 Å². The van der Waals surface area contributed by atoms with Crippen molar-refractivity contribution in [1.29, 1.82) is 0 Å². The standard InChI is InChI=1S/C23H31N3O2.2ClH/c24-21(19-7-3-1-4-8-19)15-23(28)25-16-18-11-13-26(14-12-18)17-22(27)20-9-5-2-6-10-20;;/h1-10,18,21-22,27H,11-17,24H2,(H,25,28);2*1H. The van der Waals surface area contributed by atoms with Crippen molar-refractivity contribution in [3.05, 3.63) is 71.8 Å². The van der Waals surface area contributed by atoms with Crippen LogP contribution in [-0.2, 0) is 4.79 Å². The quantitative estimate of drug-likeness (QED) is 0.571. The number of benzene rings is 2. The third kappa shape index (κ3) is 8.25. The van der Waals surface area contributed by atoms with E-state index in [9.17, 15) is 9.90 Å². The number of nitrogens with one attached hydrogen (secondary N) is 1. The van der Waals surface area contributed by atoms with E-state index in [4.69, 9.17) is 5.73 Å². The Morgan fingerprint density at radius 1 is 1.00 bits per heavy atom. The summed E-state index contributed by atoms with van der Waals surface area (Å²) in [7, 11) is 0. The Labute approximate surface area is 191 Å². The first kappa shape index (κ1) is 26.4.